The van der Waals surface area contributed by atoms with E-state index in [1.54, 1.807) is 0 Å². The number of nitrogens with two attached hydrogens (primary N) is 2. The van der Waals surface area contributed by atoms with Crippen LogP contribution in [0.4, 0.5) is 5.69 Å². The van der Waals surface area contributed by atoms with Gasteiger partial charge in [0.05, 0.1) is 0 Å². The average Bonchev–Trinajstić information content (AvgIpc) is 2.62. The van der Waals surface area contributed by atoms with Gasteiger partial charge in [-0.25, -0.2) is 0 Å². The molecule has 0 spiro atoms. The molecule has 0 saturated carbocycles. The van der Waals surface area contributed by atoms with Crippen molar-refractivity contribution in [2.24, 2.45) is 5.73 Å². The summed E-state index contributed by atoms with van der Waals surface area (Å²) in [6, 6.07) is 25.8. The molecule has 3 aromatic rings. The predicted octanol–water partition coefficient (Wildman–Crippen LogP) is 4.34. The molecule has 0 saturated heterocycles. The Hall–Kier alpha value is -2.58. The monoisotopic (exact) mass is 314 g/mol. The molecule has 3 aromatic carbocycles. The van der Waals surface area contributed by atoms with Crippen molar-refractivity contribution >= 4 is 5.69 Å². The fourth-order valence-electron chi connectivity index (χ4n) is 3.78. The van der Waals surface area contributed by atoms with Gasteiger partial charge in [0.1, 0.15) is 0 Å². The molecule has 0 heterocycles. The zero-order valence-electron chi connectivity index (χ0n) is 13.7. The van der Waals surface area contributed by atoms with Crippen LogP contribution in [0.15, 0.2) is 72.8 Å². The average molecular weight is 314 g/mol. The molecule has 24 heavy (non-hydrogen) atoms. The van der Waals surface area contributed by atoms with E-state index in [-0.39, 0.29) is 6.04 Å². The second-order valence-electron chi connectivity index (χ2n) is 6.70. The third-order valence-corrected chi connectivity index (χ3v) is 4.98. The van der Waals surface area contributed by atoms with Gasteiger partial charge in [-0.05, 0) is 52.8 Å². The molecule has 2 nitrogen and oxygen atoms in total. The zero-order chi connectivity index (χ0) is 16.5. The van der Waals surface area contributed by atoms with Crippen LogP contribution in [-0.2, 0) is 6.42 Å². The fourth-order valence-corrected chi connectivity index (χ4v) is 3.78. The number of hydrogen-bond acceptors (Lipinski definition) is 2. The zero-order valence-corrected chi connectivity index (χ0v) is 13.7. The highest BCUT2D eigenvalue weighted by Crippen LogP contribution is 2.37. The Morgan fingerprint density at radius 3 is 2.42 bits per heavy atom. The van der Waals surface area contributed by atoms with E-state index in [1.165, 1.54) is 27.8 Å². The summed E-state index contributed by atoms with van der Waals surface area (Å²) in [7, 11) is 0. The van der Waals surface area contributed by atoms with E-state index < -0.39 is 0 Å². The van der Waals surface area contributed by atoms with Crippen molar-refractivity contribution in [3.8, 4) is 11.1 Å². The molecule has 0 aliphatic heterocycles. The quantitative estimate of drug-likeness (QED) is 0.691. The van der Waals surface area contributed by atoms with Gasteiger partial charge in [0.25, 0.3) is 0 Å². The number of fused-ring (bicyclic) bond motifs is 1. The summed E-state index contributed by atoms with van der Waals surface area (Å²) in [6.07, 6.45) is 1.98. The first-order valence-electron chi connectivity index (χ1n) is 8.50. The topological polar surface area (TPSA) is 52.0 Å². The highest BCUT2D eigenvalue weighted by atomic mass is 14.6. The van der Waals surface area contributed by atoms with Gasteiger partial charge >= 0.3 is 0 Å². The molecule has 0 bridgehead atoms. The molecule has 4 N–H and O–H groups in total. The number of anilines is 1. The number of rotatable bonds is 2. The van der Waals surface area contributed by atoms with Crippen molar-refractivity contribution in [3.05, 3.63) is 89.5 Å². The fraction of sp³-hybridized carbons (Fsp3) is 0.182. The lowest BCUT2D eigenvalue weighted by Gasteiger charge is -2.30. The van der Waals surface area contributed by atoms with Crippen molar-refractivity contribution in [2.75, 3.05) is 5.73 Å². The largest absolute Gasteiger partial charge is 0.399 e. The van der Waals surface area contributed by atoms with E-state index in [2.05, 4.69) is 60.7 Å². The standard InChI is InChI=1S/C22H22N2/c23-19-10-8-15(9-11-19)16-5-3-6-17(12-16)22-14-20(24)13-18-4-1-2-7-21(18)22/h1-12,20,22H,13-14,23-24H2/t20-,22-/m0/s1. The highest BCUT2D eigenvalue weighted by molar-refractivity contribution is 5.66. The van der Waals surface area contributed by atoms with Crippen LogP contribution < -0.4 is 11.5 Å². The molecule has 4 rings (SSSR count). The highest BCUT2D eigenvalue weighted by Gasteiger charge is 2.25. The molecule has 0 amide bonds. The van der Waals surface area contributed by atoms with Crippen molar-refractivity contribution in [1.82, 2.24) is 0 Å². The minimum Gasteiger partial charge on any atom is -0.399 e. The third kappa shape index (κ3) is 2.81. The van der Waals surface area contributed by atoms with Crippen molar-refractivity contribution < 1.29 is 0 Å². The van der Waals surface area contributed by atoms with Gasteiger partial charge < -0.3 is 11.5 Å². The van der Waals surface area contributed by atoms with Crippen LogP contribution in [0.3, 0.4) is 0 Å². The second kappa shape index (κ2) is 6.14. The van der Waals surface area contributed by atoms with Crippen LogP contribution in [0.25, 0.3) is 11.1 Å². The molecule has 0 unspecified atom stereocenters. The summed E-state index contributed by atoms with van der Waals surface area (Å²) in [5.74, 6) is 0.374. The van der Waals surface area contributed by atoms with E-state index in [0.29, 0.717) is 5.92 Å². The first kappa shape index (κ1) is 15.0. The van der Waals surface area contributed by atoms with Gasteiger partial charge in [-0.1, -0.05) is 60.7 Å². The molecule has 2 heteroatoms. The molecular weight excluding hydrogens is 292 g/mol. The number of benzene rings is 3. The lowest BCUT2D eigenvalue weighted by molar-refractivity contribution is 0.531. The van der Waals surface area contributed by atoms with E-state index in [0.717, 1.165) is 18.5 Å². The summed E-state index contributed by atoms with van der Waals surface area (Å²) >= 11 is 0. The molecule has 1 aliphatic carbocycles. The summed E-state index contributed by atoms with van der Waals surface area (Å²) in [5.41, 5.74) is 19.5. The Labute approximate surface area is 143 Å². The van der Waals surface area contributed by atoms with E-state index in [1.807, 2.05) is 12.1 Å². The first-order valence-corrected chi connectivity index (χ1v) is 8.50. The Morgan fingerprint density at radius 1 is 0.792 bits per heavy atom. The SMILES string of the molecule is Nc1ccc(-c2cccc([C@@H]3C[C@@H](N)Cc4ccccc43)c2)cc1. The number of hydrogen-bond donors (Lipinski definition) is 2. The van der Waals surface area contributed by atoms with Crippen molar-refractivity contribution in [1.29, 1.82) is 0 Å². The normalized spacial score (nSPS) is 19.7. The van der Waals surface area contributed by atoms with Crippen LogP contribution in [0, 0.1) is 0 Å². The maximum atomic E-state index is 6.33. The van der Waals surface area contributed by atoms with Gasteiger partial charge in [-0.15, -0.1) is 0 Å². The van der Waals surface area contributed by atoms with Crippen LogP contribution >= 0.6 is 0 Å². The molecule has 0 aromatic heterocycles. The lowest BCUT2D eigenvalue weighted by atomic mass is 9.76. The molecular formula is C22H22N2. The van der Waals surface area contributed by atoms with E-state index in [9.17, 15) is 0 Å². The lowest BCUT2D eigenvalue weighted by Crippen LogP contribution is -2.30. The van der Waals surface area contributed by atoms with Gasteiger partial charge in [-0.3, -0.25) is 0 Å². The summed E-state index contributed by atoms with van der Waals surface area (Å²) < 4.78 is 0. The van der Waals surface area contributed by atoms with Gasteiger partial charge in [0, 0.05) is 17.6 Å². The summed E-state index contributed by atoms with van der Waals surface area (Å²) in [6.45, 7) is 0. The molecule has 2 atom stereocenters. The van der Waals surface area contributed by atoms with E-state index in [4.69, 9.17) is 11.5 Å². The van der Waals surface area contributed by atoms with Crippen molar-refractivity contribution in [3.63, 3.8) is 0 Å². The smallest absolute Gasteiger partial charge is 0.0314 e. The van der Waals surface area contributed by atoms with Crippen molar-refractivity contribution in [2.45, 2.75) is 24.8 Å². The van der Waals surface area contributed by atoms with Crippen LogP contribution in [-0.4, -0.2) is 6.04 Å². The van der Waals surface area contributed by atoms with Crippen LogP contribution in [0.1, 0.15) is 29.0 Å². The maximum absolute atomic E-state index is 6.33. The van der Waals surface area contributed by atoms with Crippen LogP contribution in [0.5, 0.6) is 0 Å². The second-order valence-corrected chi connectivity index (χ2v) is 6.70. The number of nitrogen functional groups attached to an aromatic ring is 1. The van der Waals surface area contributed by atoms with Gasteiger partial charge in [0.2, 0.25) is 0 Å². The maximum Gasteiger partial charge on any atom is 0.0314 e. The Bertz CT molecular complexity index is 852. The third-order valence-electron chi connectivity index (χ3n) is 4.98. The Kier molecular flexibility index (Phi) is 3.83. The summed E-state index contributed by atoms with van der Waals surface area (Å²) in [5, 5.41) is 0. The molecule has 0 fully saturated rings. The van der Waals surface area contributed by atoms with E-state index >= 15 is 0 Å². The van der Waals surface area contributed by atoms with Crippen LogP contribution in [0.2, 0.25) is 0 Å². The predicted molar refractivity (Wildman–Crippen MR) is 101 cm³/mol. The molecule has 1 aliphatic rings. The Balaban J connectivity index is 1.75. The summed E-state index contributed by atoms with van der Waals surface area (Å²) in [4.78, 5) is 0. The minimum atomic E-state index is 0.227. The van der Waals surface area contributed by atoms with Gasteiger partial charge in [-0.2, -0.15) is 0 Å². The molecule has 0 radical (unpaired) electrons. The van der Waals surface area contributed by atoms with Gasteiger partial charge in [0.15, 0.2) is 0 Å². The Morgan fingerprint density at radius 2 is 1.58 bits per heavy atom. The first-order chi connectivity index (χ1) is 11.7. The molecule has 120 valence electrons. The minimum absolute atomic E-state index is 0.227.